The third-order valence-corrected chi connectivity index (χ3v) is 3.55. The fourth-order valence-electron chi connectivity index (χ4n) is 2.35. The van der Waals surface area contributed by atoms with Crippen molar-refractivity contribution in [3.8, 4) is 0 Å². The van der Waals surface area contributed by atoms with Gasteiger partial charge in [-0.15, -0.1) is 0 Å². The highest BCUT2D eigenvalue weighted by atomic mass is 16.2. The third kappa shape index (κ3) is 2.96. The van der Waals surface area contributed by atoms with Gasteiger partial charge in [0.1, 0.15) is 5.92 Å². The number of nitrogens with zero attached hydrogens (tertiary/aromatic N) is 3. The van der Waals surface area contributed by atoms with E-state index in [0.29, 0.717) is 6.54 Å². The summed E-state index contributed by atoms with van der Waals surface area (Å²) in [6.45, 7) is 2.43. The molecule has 0 fully saturated rings. The van der Waals surface area contributed by atoms with Gasteiger partial charge in [0.05, 0.1) is 17.9 Å². The Hall–Kier alpha value is -2.75. The van der Waals surface area contributed by atoms with Crippen LogP contribution >= 0.6 is 0 Å². The maximum absolute atomic E-state index is 12.5. The van der Waals surface area contributed by atoms with E-state index >= 15 is 0 Å². The molecule has 0 bridgehead atoms. The van der Waals surface area contributed by atoms with Gasteiger partial charge < -0.3 is 0 Å². The number of para-hydroxylation sites is 1. The molecule has 1 aliphatic rings. The zero-order chi connectivity index (χ0) is 15.4. The number of amides is 1. The standard InChI is InChI=1S/C18H17N3O/c1-14-17(13-19-12-15-8-4-2-5-9-15)18(22)21(20-14)16-10-6-3-7-11-16/h2-11,13,17H,12H2,1H3. The Balaban J connectivity index is 1.71. The maximum Gasteiger partial charge on any atom is 0.261 e. The molecular weight excluding hydrogens is 274 g/mol. The molecule has 0 N–H and O–H groups in total. The zero-order valence-electron chi connectivity index (χ0n) is 12.4. The number of carbonyl (C=O) groups excluding carboxylic acids is 1. The molecule has 1 aliphatic heterocycles. The number of hydrogen-bond acceptors (Lipinski definition) is 3. The largest absolute Gasteiger partial charge is 0.292 e. The summed E-state index contributed by atoms with van der Waals surface area (Å²) >= 11 is 0. The van der Waals surface area contributed by atoms with Gasteiger partial charge in [0.2, 0.25) is 0 Å². The Labute approximate surface area is 129 Å². The van der Waals surface area contributed by atoms with Crippen molar-refractivity contribution in [1.82, 2.24) is 0 Å². The van der Waals surface area contributed by atoms with Crippen molar-refractivity contribution < 1.29 is 4.79 Å². The molecule has 1 amide bonds. The predicted molar refractivity (Wildman–Crippen MR) is 89.2 cm³/mol. The minimum atomic E-state index is -0.371. The summed E-state index contributed by atoms with van der Waals surface area (Å²) < 4.78 is 0. The molecule has 0 spiro atoms. The first kappa shape index (κ1) is 14.2. The maximum atomic E-state index is 12.5. The summed E-state index contributed by atoms with van der Waals surface area (Å²) in [7, 11) is 0. The van der Waals surface area contributed by atoms with Crippen LogP contribution in [0.1, 0.15) is 12.5 Å². The highest BCUT2D eigenvalue weighted by Gasteiger charge is 2.32. The third-order valence-electron chi connectivity index (χ3n) is 3.55. The first-order valence-corrected chi connectivity index (χ1v) is 7.23. The van der Waals surface area contributed by atoms with E-state index in [1.165, 1.54) is 5.01 Å². The van der Waals surface area contributed by atoms with Crippen LogP contribution in [0, 0.1) is 5.92 Å². The lowest BCUT2D eigenvalue weighted by Gasteiger charge is -2.12. The van der Waals surface area contributed by atoms with E-state index < -0.39 is 0 Å². The lowest BCUT2D eigenvalue weighted by molar-refractivity contribution is -0.118. The summed E-state index contributed by atoms with van der Waals surface area (Å²) in [6, 6.07) is 19.4. The van der Waals surface area contributed by atoms with Gasteiger partial charge in [-0.1, -0.05) is 48.5 Å². The van der Waals surface area contributed by atoms with E-state index in [1.54, 1.807) is 6.21 Å². The lowest BCUT2D eigenvalue weighted by atomic mass is 10.1. The average Bonchev–Trinajstić information content (AvgIpc) is 2.85. The fourth-order valence-corrected chi connectivity index (χ4v) is 2.35. The molecule has 0 radical (unpaired) electrons. The molecule has 2 aromatic rings. The van der Waals surface area contributed by atoms with Crippen molar-refractivity contribution >= 4 is 23.5 Å². The van der Waals surface area contributed by atoms with E-state index in [4.69, 9.17) is 0 Å². The topological polar surface area (TPSA) is 45.0 Å². The van der Waals surface area contributed by atoms with Crippen molar-refractivity contribution in [3.05, 3.63) is 66.2 Å². The molecule has 0 aliphatic carbocycles. The van der Waals surface area contributed by atoms with Crippen LogP contribution in [0.3, 0.4) is 0 Å². The molecule has 22 heavy (non-hydrogen) atoms. The van der Waals surface area contributed by atoms with Crippen molar-refractivity contribution in [3.63, 3.8) is 0 Å². The van der Waals surface area contributed by atoms with E-state index in [9.17, 15) is 4.79 Å². The van der Waals surface area contributed by atoms with Crippen molar-refractivity contribution in [2.24, 2.45) is 16.0 Å². The van der Waals surface area contributed by atoms with Crippen LogP contribution in [-0.4, -0.2) is 17.8 Å². The number of hydrogen-bond donors (Lipinski definition) is 0. The Kier molecular flexibility index (Phi) is 4.10. The van der Waals surface area contributed by atoms with Crippen LogP contribution in [0.25, 0.3) is 0 Å². The zero-order valence-corrected chi connectivity index (χ0v) is 12.4. The molecule has 1 unspecified atom stereocenters. The van der Waals surface area contributed by atoms with Crippen LogP contribution < -0.4 is 5.01 Å². The number of rotatable bonds is 4. The Morgan fingerprint density at radius 2 is 1.73 bits per heavy atom. The van der Waals surface area contributed by atoms with Gasteiger partial charge in [-0.25, -0.2) is 0 Å². The monoisotopic (exact) mass is 291 g/mol. The summed E-state index contributed by atoms with van der Waals surface area (Å²) in [6.07, 6.45) is 1.71. The molecule has 4 nitrogen and oxygen atoms in total. The summed E-state index contributed by atoms with van der Waals surface area (Å²) in [5, 5.41) is 5.81. The van der Waals surface area contributed by atoms with Crippen molar-refractivity contribution in [2.45, 2.75) is 13.5 Å². The van der Waals surface area contributed by atoms with E-state index in [0.717, 1.165) is 17.0 Å². The van der Waals surface area contributed by atoms with Gasteiger partial charge in [-0.05, 0) is 24.6 Å². The molecule has 0 aromatic heterocycles. The van der Waals surface area contributed by atoms with Gasteiger partial charge in [-0.3, -0.25) is 9.79 Å². The first-order valence-electron chi connectivity index (χ1n) is 7.23. The van der Waals surface area contributed by atoms with Crippen LogP contribution in [0.5, 0.6) is 0 Å². The number of hydrazone groups is 1. The summed E-state index contributed by atoms with van der Waals surface area (Å²) in [5.41, 5.74) is 2.68. The highest BCUT2D eigenvalue weighted by molar-refractivity contribution is 6.23. The Morgan fingerprint density at radius 3 is 2.41 bits per heavy atom. The van der Waals surface area contributed by atoms with Gasteiger partial charge in [-0.2, -0.15) is 10.1 Å². The van der Waals surface area contributed by atoms with Crippen LogP contribution in [-0.2, 0) is 11.3 Å². The summed E-state index contributed by atoms with van der Waals surface area (Å²) in [4.78, 5) is 16.9. The second kappa shape index (κ2) is 6.35. The quantitative estimate of drug-likeness (QED) is 0.797. The number of aliphatic imine (C=N–C) groups is 1. The molecule has 0 saturated carbocycles. The molecule has 1 heterocycles. The first-order chi connectivity index (χ1) is 10.8. The Morgan fingerprint density at radius 1 is 1.09 bits per heavy atom. The van der Waals surface area contributed by atoms with Crippen LogP contribution in [0.4, 0.5) is 5.69 Å². The number of benzene rings is 2. The molecule has 2 aromatic carbocycles. The SMILES string of the molecule is CC1=NN(c2ccccc2)C(=O)C1C=NCc1ccccc1. The van der Waals surface area contributed by atoms with E-state index in [2.05, 4.69) is 10.1 Å². The molecule has 110 valence electrons. The van der Waals surface area contributed by atoms with Gasteiger partial charge in [0.25, 0.3) is 5.91 Å². The fraction of sp³-hybridized carbons (Fsp3) is 0.167. The smallest absolute Gasteiger partial charge is 0.261 e. The minimum absolute atomic E-state index is 0.0551. The van der Waals surface area contributed by atoms with E-state index in [1.807, 2.05) is 67.6 Å². The molecule has 0 saturated heterocycles. The van der Waals surface area contributed by atoms with E-state index in [-0.39, 0.29) is 11.8 Å². The van der Waals surface area contributed by atoms with Gasteiger partial charge in [0.15, 0.2) is 0 Å². The van der Waals surface area contributed by atoms with Gasteiger partial charge in [0, 0.05) is 6.21 Å². The second-order valence-electron chi connectivity index (χ2n) is 5.18. The van der Waals surface area contributed by atoms with Gasteiger partial charge >= 0.3 is 0 Å². The Bertz CT molecular complexity index is 708. The van der Waals surface area contributed by atoms with Crippen molar-refractivity contribution in [2.75, 3.05) is 5.01 Å². The highest BCUT2D eigenvalue weighted by Crippen LogP contribution is 2.22. The molecule has 1 atom stereocenters. The van der Waals surface area contributed by atoms with Crippen LogP contribution in [0.2, 0.25) is 0 Å². The van der Waals surface area contributed by atoms with Crippen LogP contribution in [0.15, 0.2) is 70.8 Å². The normalized spacial score (nSPS) is 18.0. The average molecular weight is 291 g/mol. The number of anilines is 1. The molecule has 4 heteroatoms. The second-order valence-corrected chi connectivity index (χ2v) is 5.18. The molecular formula is C18H17N3O. The lowest BCUT2D eigenvalue weighted by Crippen LogP contribution is -2.27. The predicted octanol–water partition coefficient (Wildman–Crippen LogP) is 3.30. The molecule has 3 rings (SSSR count). The number of carbonyl (C=O) groups is 1. The van der Waals surface area contributed by atoms with Crippen molar-refractivity contribution in [1.29, 1.82) is 0 Å². The minimum Gasteiger partial charge on any atom is -0.292 e. The summed E-state index contributed by atoms with van der Waals surface area (Å²) in [5.74, 6) is -0.426.